The number of likely N-dealkylation sites (tertiary alicyclic amines) is 1. The Balaban J connectivity index is 2.33. The molecule has 18 heavy (non-hydrogen) atoms. The molecule has 0 aliphatic carbocycles. The Morgan fingerprint density at radius 1 is 1.61 bits per heavy atom. The largest absolute Gasteiger partial charge is 0.355 e. The van der Waals surface area contributed by atoms with Gasteiger partial charge < -0.3 is 10.2 Å². The van der Waals surface area contributed by atoms with E-state index in [1.807, 2.05) is 7.05 Å². The minimum absolute atomic E-state index is 0.454. The Bertz CT molecular complexity index is 321. The highest BCUT2D eigenvalue weighted by Crippen LogP contribution is 2.32. The Morgan fingerprint density at radius 2 is 2.39 bits per heavy atom. The van der Waals surface area contributed by atoms with E-state index in [2.05, 4.69) is 35.0 Å². The maximum atomic E-state index is 5.22. The highest BCUT2D eigenvalue weighted by atomic mass is 32.2. The number of nitrogens with zero attached hydrogens (tertiary/aromatic N) is 2. The fourth-order valence-electron chi connectivity index (χ4n) is 2.19. The fraction of sp³-hybridized carbons (Fsp3) is 0.786. The molecule has 3 nitrogen and oxygen atoms in total. The summed E-state index contributed by atoms with van der Waals surface area (Å²) in [7, 11) is 1.86. The van der Waals surface area contributed by atoms with Crippen LogP contribution >= 0.6 is 11.8 Å². The molecular weight excluding hydrogens is 242 g/mol. The van der Waals surface area contributed by atoms with Crippen LogP contribution in [0.1, 0.15) is 26.7 Å². The summed E-state index contributed by atoms with van der Waals surface area (Å²) >= 11 is 1.78. The minimum Gasteiger partial charge on any atom is -0.355 e. The predicted octanol–water partition coefficient (Wildman–Crippen LogP) is 2.05. The van der Waals surface area contributed by atoms with Crippen LogP contribution in [0.15, 0.2) is 4.99 Å². The lowest BCUT2D eigenvalue weighted by molar-refractivity contribution is 0.322. The molecule has 0 aromatic carbocycles. The molecule has 0 radical (unpaired) electrons. The molecule has 0 amide bonds. The molecular formula is C14H25N3S. The standard InChI is InChI=1S/C14H25N3S/c1-5-10-18-11-8-16-13(15-4)17-9-7-14(3,6-2)12-17/h1H,6-12H2,2-4H3,(H,15,16). The van der Waals surface area contributed by atoms with Gasteiger partial charge in [0.2, 0.25) is 0 Å². The van der Waals surface area contributed by atoms with E-state index in [0.717, 1.165) is 37.1 Å². The average Bonchev–Trinajstić information content (AvgIpc) is 2.77. The summed E-state index contributed by atoms with van der Waals surface area (Å²) in [4.78, 5) is 6.74. The molecule has 4 heteroatoms. The molecule has 0 spiro atoms. The van der Waals surface area contributed by atoms with Crippen LogP contribution in [-0.4, -0.2) is 49.0 Å². The van der Waals surface area contributed by atoms with Crippen LogP contribution < -0.4 is 5.32 Å². The lowest BCUT2D eigenvalue weighted by Gasteiger charge is -2.25. The Morgan fingerprint density at radius 3 is 2.94 bits per heavy atom. The van der Waals surface area contributed by atoms with Crippen molar-refractivity contribution >= 4 is 17.7 Å². The van der Waals surface area contributed by atoms with E-state index in [9.17, 15) is 0 Å². The normalized spacial score (nSPS) is 24.1. The summed E-state index contributed by atoms with van der Waals surface area (Å²) in [5, 5.41) is 3.42. The van der Waals surface area contributed by atoms with Crippen LogP contribution in [0.5, 0.6) is 0 Å². The fourth-order valence-corrected chi connectivity index (χ4v) is 2.70. The summed E-state index contributed by atoms with van der Waals surface area (Å²) in [6.45, 7) is 7.79. The van der Waals surface area contributed by atoms with Gasteiger partial charge in [0.05, 0.1) is 5.75 Å². The summed E-state index contributed by atoms with van der Waals surface area (Å²) < 4.78 is 0. The second-order valence-corrected chi connectivity index (χ2v) is 6.17. The zero-order chi connectivity index (χ0) is 13.4. The van der Waals surface area contributed by atoms with Gasteiger partial charge in [-0.2, -0.15) is 0 Å². The van der Waals surface area contributed by atoms with Gasteiger partial charge in [0.25, 0.3) is 0 Å². The zero-order valence-corrected chi connectivity index (χ0v) is 12.6. The molecule has 0 aromatic rings. The first-order chi connectivity index (χ1) is 8.65. The summed E-state index contributed by atoms with van der Waals surface area (Å²) in [5.41, 5.74) is 0.454. The van der Waals surface area contributed by atoms with Crippen LogP contribution in [0.25, 0.3) is 0 Å². The molecule has 1 N–H and O–H groups in total. The Kier molecular flexibility index (Phi) is 6.42. The van der Waals surface area contributed by atoms with Crippen LogP contribution in [0, 0.1) is 17.8 Å². The number of aliphatic imine (C=N–C) groups is 1. The van der Waals surface area contributed by atoms with Crippen LogP contribution in [0.4, 0.5) is 0 Å². The molecule has 1 aliphatic rings. The highest BCUT2D eigenvalue weighted by Gasteiger charge is 2.33. The third-order valence-electron chi connectivity index (χ3n) is 3.64. The number of guanidine groups is 1. The number of hydrogen-bond acceptors (Lipinski definition) is 2. The van der Waals surface area contributed by atoms with Gasteiger partial charge >= 0.3 is 0 Å². The van der Waals surface area contributed by atoms with E-state index in [1.165, 1.54) is 12.8 Å². The first-order valence-electron chi connectivity index (χ1n) is 6.62. The van der Waals surface area contributed by atoms with Crippen molar-refractivity contribution in [3.8, 4) is 12.3 Å². The van der Waals surface area contributed by atoms with Gasteiger partial charge in [-0.25, -0.2) is 0 Å². The molecule has 0 saturated carbocycles. The topological polar surface area (TPSA) is 27.6 Å². The summed E-state index contributed by atoms with van der Waals surface area (Å²) in [5.74, 6) is 5.49. The highest BCUT2D eigenvalue weighted by molar-refractivity contribution is 7.99. The number of rotatable bonds is 5. The quantitative estimate of drug-likeness (QED) is 0.357. The minimum atomic E-state index is 0.454. The van der Waals surface area contributed by atoms with Crippen molar-refractivity contribution in [2.24, 2.45) is 10.4 Å². The molecule has 1 saturated heterocycles. The number of hydrogen-bond donors (Lipinski definition) is 1. The van der Waals surface area contributed by atoms with E-state index in [0.29, 0.717) is 5.41 Å². The molecule has 0 bridgehead atoms. The van der Waals surface area contributed by atoms with Gasteiger partial charge in [-0.05, 0) is 18.3 Å². The second-order valence-electron chi connectivity index (χ2n) is 5.07. The van der Waals surface area contributed by atoms with Gasteiger partial charge in [0.1, 0.15) is 0 Å². The first kappa shape index (κ1) is 15.2. The summed E-state index contributed by atoms with van der Waals surface area (Å²) in [6, 6.07) is 0. The third kappa shape index (κ3) is 4.45. The molecule has 1 fully saturated rings. The number of terminal acetylenes is 1. The molecule has 1 atom stereocenters. The Labute approximate surface area is 116 Å². The number of nitrogens with one attached hydrogen (secondary N) is 1. The van der Waals surface area contributed by atoms with Crippen LogP contribution in [0.2, 0.25) is 0 Å². The van der Waals surface area contributed by atoms with E-state index < -0.39 is 0 Å². The van der Waals surface area contributed by atoms with Crippen molar-refractivity contribution in [2.45, 2.75) is 26.7 Å². The van der Waals surface area contributed by atoms with Crippen molar-refractivity contribution in [3.63, 3.8) is 0 Å². The number of thioether (sulfide) groups is 1. The van der Waals surface area contributed by atoms with Gasteiger partial charge in [0.15, 0.2) is 5.96 Å². The SMILES string of the molecule is C#CCSCCNC(=NC)N1CCC(C)(CC)C1. The molecule has 1 aliphatic heterocycles. The molecule has 1 unspecified atom stereocenters. The molecule has 0 aromatic heterocycles. The third-order valence-corrected chi connectivity index (χ3v) is 4.50. The maximum Gasteiger partial charge on any atom is 0.193 e. The van der Waals surface area contributed by atoms with Crippen LogP contribution in [-0.2, 0) is 0 Å². The van der Waals surface area contributed by atoms with Gasteiger partial charge in [0, 0.05) is 32.4 Å². The van der Waals surface area contributed by atoms with Gasteiger partial charge in [-0.1, -0.05) is 19.8 Å². The molecule has 102 valence electrons. The average molecular weight is 267 g/mol. The van der Waals surface area contributed by atoms with E-state index in [-0.39, 0.29) is 0 Å². The van der Waals surface area contributed by atoms with E-state index in [4.69, 9.17) is 6.42 Å². The zero-order valence-electron chi connectivity index (χ0n) is 11.8. The van der Waals surface area contributed by atoms with Crippen molar-refractivity contribution in [1.29, 1.82) is 0 Å². The lowest BCUT2D eigenvalue weighted by atomic mass is 9.87. The van der Waals surface area contributed by atoms with Crippen molar-refractivity contribution in [1.82, 2.24) is 10.2 Å². The second kappa shape index (κ2) is 7.58. The predicted molar refractivity (Wildman–Crippen MR) is 82.1 cm³/mol. The Hall–Kier alpha value is -0.820. The summed E-state index contributed by atoms with van der Waals surface area (Å²) in [6.07, 6.45) is 7.71. The maximum absolute atomic E-state index is 5.22. The van der Waals surface area contributed by atoms with Crippen molar-refractivity contribution in [2.75, 3.05) is 38.2 Å². The van der Waals surface area contributed by atoms with Crippen molar-refractivity contribution < 1.29 is 0 Å². The van der Waals surface area contributed by atoms with Gasteiger partial charge in [-0.3, -0.25) is 4.99 Å². The monoisotopic (exact) mass is 267 g/mol. The smallest absolute Gasteiger partial charge is 0.193 e. The van der Waals surface area contributed by atoms with Crippen LogP contribution in [0.3, 0.4) is 0 Å². The molecule has 1 rings (SSSR count). The van der Waals surface area contributed by atoms with E-state index >= 15 is 0 Å². The van der Waals surface area contributed by atoms with Crippen molar-refractivity contribution in [3.05, 3.63) is 0 Å². The van der Waals surface area contributed by atoms with E-state index in [1.54, 1.807) is 11.8 Å². The molecule has 1 heterocycles. The first-order valence-corrected chi connectivity index (χ1v) is 7.77. The van der Waals surface area contributed by atoms with Gasteiger partial charge in [-0.15, -0.1) is 18.2 Å². The lowest BCUT2D eigenvalue weighted by Crippen LogP contribution is -2.41.